The van der Waals surface area contributed by atoms with Gasteiger partial charge >= 0.3 is 0 Å². The van der Waals surface area contributed by atoms with Crippen LogP contribution in [0.15, 0.2) is 12.7 Å². The summed E-state index contributed by atoms with van der Waals surface area (Å²) in [4.78, 5) is 12.6. The molecule has 1 saturated heterocycles. The van der Waals surface area contributed by atoms with Crippen molar-refractivity contribution < 1.29 is 24.8 Å². The molecule has 2 aromatic heterocycles. The summed E-state index contributed by atoms with van der Waals surface area (Å²) < 4.78 is 12.2. The lowest BCUT2D eigenvalue weighted by Crippen LogP contribution is -2.33. The van der Waals surface area contributed by atoms with Crippen LogP contribution in [-0.2, 0) is 9.47 Å². The molecule has 1 fully saturated rings. The van der Waals surface area contributed by atoms with Crippen LogP contribution in [0.25, 0.3) is 11.2 Å². The zero-order chi connectivity index (χ0) is 17.3. The fraction of sp³-hybridized carbons (Fsp3) is 0.643. The van der Waals surface area contributed by atoms with Gasteiger partial charge in [-0.25, -0.2) is 15.0 Å². The van der Waals surface area contributed by atoms with Crippen LogP contribution >= 0.6 is 0 Å². The minimum absolute atomic E-state index is 0.0540. The maximum absolute atomic E-state index is 10.3. The van der Waals surface area contributed by atoms with E-state index in [9.17, 15) is 10.2 Å². The molecule has 0 amide bonds. The molecule has 1 aliphatic heterocycles. The number of aliphatic hydroxyl groups excluding tert-OH is 3. The number of hydrogen-bond acceptors (Lipinski definition) is 9. The van der Waals surface area contributed by atoms with Gasteiger partial charge < -0.3 is 30.1 Å². The molecule has 132 valence electrons. The van der Waals surface area contributed by atoms with Gasteiger partial charge in [0.1, 0.15) is 24.6 Å². The number of anilines is 1. The van der Waals surface area contributed by atoms with Crippen molar-refractivity contribution in [2.24, 2.45) is 0 Å². The van der Waals surface area contributed by atoms with Crippen molar-refractivity contribution in [3.8, 4) is 0 Å². The molecular weight excluding hydrogens is 318 g/mol. The zero-order valence-electron chi connectivity index (χ0n) is 13.4. The lowest BCUT2D eigenvalue weighted by atomic mass is 10.1. The molecule has 0 saturated carbocycles. The molecule has 0 unspecified atom stereocenters. The molecule has 4 N–H and O–H groups in total. The first-order chi connectivity index (χ1) is 11.6. The molecule has 10 heteroatoms. The van der Waals surface area contributed by atoms with Crippen LogP contribution in [0.2, 0.25) is 0 Å². The number of aromatic nitrogens is 4. The van der Waals surface area contributed by atoms with E-state index in [1.165, 1.54) is 19.8 Å². The third kappa shape index (κ3) is 2.94. The van der Waals surface area contributed by atoms with E-state index in [1.807, 2.05) is 0 Å². The summed E-state index contributed by atoms with van der Waals surface area (Å²) in [6, 6.07) is -0.200. The molecule has 3 heterocycles. The number of aliphatic hydroxyl groups is 3. The van der Waals surface area contributed by atoms with Gasteiger partial charge in [-0.05, 0) is 6.92 Å². The van der Waals surface area contributed by atoms with Gasteiger partial charge in [-0.2, -0.15) is 0 Å². The first-order valence-electron chi connectivity index (χ1n) is 7.62. The molecule has 0 radical (unpaired) electrons. The van der Waals surface area contributed by atoms with Crippen LogP contribution in [0.3, 0.4) is 0 Å². The van der Waals surface area contributed by atoms with E-state index in [1.54, 1.807) is 11.5 Å². The fourth-order valence-corrected chi connectivity index (χ4v) is 2.68. The summed E-state index contributed by atoms with van der Waals surface area (Å²) in [5.74, 6) is 0.474. The number of rotatable bonds is 6. The Bertz CT molecular complexity index is 695. The van der Waals surface area contributed by atoms with Gasteiger partial charge in [0.05, 0.1) is 19.5 Å². The Balaban J connectivity index is 1.92. The second-order valence-corrected chi connectivity index (χ2v) is 5.78. The van der Waals surface area contributed by atoms with Crippen LogP contribution in [0.5, 0.6) is 0 Å². The normalized spacial score (nSPS) is 28.4. The Kier molecular flexibility index (Phi) is 4.92. The zero-order valence-corrected chi connectivity index (χ0v) is 13.4. The number of ether oxygens (including phenoxy) is 2. The molecule has 0 bridgehead atoms. The second kappa shape index (κ2) is 6.95. The average molecular weight is 339 g/mol. The van der Waals surface area contributed by atoms with Gasteiger partial charge in [0.2, 0.25) is 0 Å². The number of methoxy groups -OCH3 is 1. The van der Waals surface area contributed by atoms with Crippen molar-refractivity contribution in [2.45, 2.75) is 37.5 Å². The highest BCUT2D eigenvalue weighted by atomic mass is 16.6. The van der Waals surface area contributed by atoms with Gasteiger partial charge in [0, 0.05) is 13.2 Å². The lowest BCUT2D eigenvalue weighted by Gasteiger charge is -2.17. The van der Waals surface area contributed by atoms with E-state index in [0.29, 0.717) is 17.0 Å². The quantitative estimate of drug-likeness (QED) is 0.516. The van der Waals surface area contributed by atoms with Crippen LogP contribution in [-0.4, -0.2) is 79.5 Å². The number of nitrogens with zero attached hydrogens (tertiary/aromatic N) is 4. The van der Waals surface area contributed by atoms with Crippen molar-refractivity contribution in [1.29, 1.82) is 0 Å². The number of hydrogen-bond donors (Lipinski definition) is 4. The van der Waals surface area contributed by atoms with Crippen molar-refractivity contribution in [2.75, 3.05) is 25.6 Å². The maximum Gasteiger partial charge on any atom is 0.167 e. The van der Waals surface area contributed by atoms with Gasteiger partial charge in [0.25, 0.3) is 0 Å². The van der Waals surface area contributed by atoms with Crippen molar-refractivity contribution in [3.05, 3.63) is 12.7 Å². The topological polar surface area (TPSA) is 135 Å². The standard InChI is InChI=1S/C14H21N5O5/c1-7(3-20)18-12-9-13(16-5-15-12)19(6-17-9)14-11(22)10(21)8(24-14)4-23-2/h5-8,10-11,14,20-22H,3-4H2,1-2H3,(H,15,16,18)/t7-,8-,10-,11-,14-/m1/s1. The fourth-order valence-electron chi connectivity index (χ4n) is 2.68. The smallest absolute Gasteiger partial charge is 0.167 e. The number of imidazole rings is 1. The molecule has 1 aliphatic rings. The summed E-state index contributed by atoms with van der Waals surface area (Å²) in [6.07, 6.45) is -0.836. The highest BCUT2D eigenvalue weighted by Gasteiger charge is 2.44. The van der Waals surface area contributed by atoms with Gasteiger partial charge in [-0.3, -0.25) is 4.57 Å². The highest BCUT2D eigenvalue weighted by Crippen LogP contribution is 2.32. The van der Waals surface area contributed by atoms with Crippen molar-refractivity contribution in [3.63, 3.8) is 0 Å². The monoisotopic (exact) mass is 339 g/mol. The number of nitrogens with one attached hydrogen (secondary N) is 1. The molecule has 3 rings (SSSR count). The first-order valence-corrected chi connectivity index (χ1v) is 7.62. The summed E-state index contributed by atoms with van der Waals surface area (Å²) in [5.41, 5.74) is 0.935. The second-order valence-electron chi connectivity index (χ2n) is 5.78. The summed E-state index contributed by atoms with van der Waals surface area (Å²) >= 11 is 0. The average Bonchev–Trinajstić information content (AvgIpc) is 3.12. The Morgan fingerprint density at radius 3 is 2.83 bits per heavy atom. The van der Waals surface area contributed by atoms with Gasteiger partial charge in [0.15, 0.2) is 23.2 Å². The summed E-state index contributed by atoms with van der Waals surface area (Å²) in [5, 5.41) is 32.5. The Morgan fingerprint density at radius 1 is 1.33 bits per heavy atom. The molecule has 24 heavy (non-hydrogen) atoms. The largest absolute Gasteiger partial charge is 0.394 e. The molecule has 0 aliphatic carbocycles. The van der Waals surface area contributed by atoms with E-state index in [-0.39, 0.29) is 19.3 Å². The molecular formula is C14H21N5O5. The Morgan fingerprint density at radius 2 is 2.12 bits per heavy atom. The molecule has 2 aromatic rings. The van der Waals surface area contributed by atoms with E-state index in [4.69, 9.17) is 14.6 Å². The van der Waals surface area contributed by atoms with Gasteiger partial charge in [-0.1, -0.05) is 0 Å². The number of fused-ring (bicyclic) bond motifs is 1. The summed E-state index contributed by atoms with van der Waals surface area (Å²) in [6.45, 7) is 1.92. The highest BCUT2D eigenvalue weighted by molar-refractivity contribution is 5.82. The predicted octanol–water partition coefficient (Wildman–Crippen LogP) is -1.12. The maximum atomic E-state index is 10.3. The molecule has 0 aromatic carbocycles. The minimum atomic E-state index is -1.13. The van der Waals surface area contributed by atoms with Crippen LogP contribution in [0, 0.1) is 0 Å². The Labute approximate surface area is 138 Å². The van der Waals surface area contributed by atoms with Crippen LogP contribution in [0.4, 0.5) is 5.82 Å². The molecule has 0 spiro atoms. The van der Waals surface area contributed by atoms with Gasteiger partial charge in [-0.15, -0.1) is 0 Å². The van der Waals surface area contributed by atoms with Crippen LogP contribution in [0.1, 0.15) is 13.2 Å². The molecule has 10 nitrogen and oxygen atoms in total. The summed E-state index contributed by atoms with van der Waals surface area (Å²) in [7, 11) is 1.50. The van der Waals surface area contributed by atoms with E-state index in [0.717, 1.165) is 0 Å². The third-order valence-electron chi connectivity index (χ3n) is 3.96. The van der Waals surface area contributed by atoms with Crippen LogP contribution < -0.4 is 5.32 Å². The lowest BCUT2D eigenvalue weighted by molar-refractivity contribution is -0.0580. The predicted molar refractivity (Wildman–Crippen MR) is 83.3 cm³/mol. The van der Waals surface area contributed by atoms with Crippen molar-refractivity contribution in [1.82, 2.24) is 19.5 Å². The van der Waals surface area contributed by atoms with E-state index < -0.39 is 24.5 Å². The van der Waals surface area contributed by atoms with E-state index in [2.05, 4.69) is 20.3 Å². The van der Waals surface area contributed by atoms with Crippen molar-refractivity contribution >= 4 is 17.0 Å². The SMILES string of the molecule is COC[C@H]1O[C@@H](n2cnc3c(N[C@H](C)CO)ncnc32)[C@H](O)[C@@H]1O. The Hall–Kier alpha value is -1.85. The first kappa shape index (κ1) is 17.0. The third-order valence-corrected chi connectivity index (χ3v) is 3.96. The van der Waals surface area contributed by atoms with E-state index >= 15 is 0 Å². The molecule has 5 atom stereocenters. The minimum Gasteiger partial charge on any atom is -0.394 e.